The molecule has 0 aliphatic carbocycles. The summed E-state index contributed by atoms with van der Waals surface area (Å²) < 4.78 is 16.7. The molecule has 0 aromatic heterocycles. The molecule has 6 heteroatoms. The molecule has 1 atom stereocenters. The number of carbonyl (C=O) groups is 3. The van der Waals surface area contributed by atoms with Crippen LogP contribution in [0.1, 0.15) is 271 Å². The number of hydrogen-bond acceptors (Lipinski definition) is 6. The van der Waals surface area contributed by atoms with Crippen LogP contribution in [0.4, 0.5) is 0 Å². The highest BCUT2D eigenvalue weighted by Crippen LogP contribution is 2.16. The van der Waals surface area contributed by atoms with E-state index < -0.39 is 6.10 Å². The molecule has 0 heterocycles. The molecule has 0 N–H and O–H groups in total. The fourth-order valence-corrected chi connectivity index (χ4v) is 7.38. The molecule has 0 aliphatic rings. The first kappa shape index (κ1) is 55.9. The molecule has 0 saturated carbocycles. The smallest absolute Gasteiger partial charge is 0.306 e. The Kier molecular flexibility index (Phi) is 45.8. The van der Waals surface area contributed by atoms with Crippen LogP contribution in [-0.2, 0) is 28.6 Å². The van der Waals surface area contributed by atoms with E-state index in [0.717, 1.165) is 51.4 Å². The van der Waals surface area contributed by atoms with Crippen molar-refractivity contribution in [3.63, 3.8) is 0 Å². The third kappa shape index (κ3) is 45.0. The highest BCUT2D eigenvalue weighted by molar-refractivity contribution is 5.71. The van der Waals surface area contributed by atoms with Crippen LogP contribution in [0, 0.1) is 0 Å². The third-order valence-electron chi connectivity index (χ3n) is 11.2. The Bertz CT molecular complexity index is 942. The zero-order valence-electron chi connectivity index (χ0n) is 38.8. The molecule has 0 aromatic carbocycles. The highest BCUT2D eigenvalue weighted by Gasteiger charge is 2.19. The van der Waals surface area contributed by atoms with Crippen LogP contribution in [0.25, 0.3) is 0 Å². The Morgan fingerprint density at radius 1 is 0.345 bits per heavy atom. The summed E-state index contributed by atoms with van der Waals surface area (Å²) in [7, 11) is 0. The number of ether oxygens (including phenoxy) is 3. The van der Waals surface area contributed by atoms with Crippen molar-refractivity contribution in [2.45, 2.75) is 277 Å². The predicted octanol–water partition coefficient (Wildman–Crippen LogP) is 16.4. The first-order chi connectivity index (χ1) is 28.5. The molecule has 0 aromatic rings. The minimum absolute atomic E-state index is 0.0889. The van der Waals surface area contributed by atoms with Gasteiger partial charge in [0.1, 0.15) is 13.2 Å². The predicted molar refractivity (Wildman–Crippen MR) is 247 cm³/mol. The van der Waals surface area contributed by atoms with Crippen LogP contribution in [0.3, 0.4) is 0 Å². The summed E-state index contributed by atoms with van der Waals surface area (Å²) in [5.41, 5.74) is 0. The van der Waals surface area contributed by atoms with Crippen LogP contribution < -0.4 is 0 Å². The zero-order chi connectivity index (χ0) is 42.3. The van der Waals surface area contributed by atoms with Crippen LogP contribution in [0.15, 0.2) is 24.3 Å². The molecular weight excluding hydrogens is 721 g/mol. The molecule has 0 rings (SSSR count). The first-order valence-corrected chi connectivity index (χ1v) is 25.3. The van der Waals surface area contributed by atoms with Gasteiger partial charge in [-0.3, -0.25) is 14.4 Å². The second-order valence-corrected chi connectivity index (χ2v) is 17.1. The molecule has 6 nitrogen and oxygen atoms in total. The van der Waals surface area contributed by atoms with Crippen LogP contribution in [0.5, 0.6) is 0 Å². The van der Waals surface area contributed by atoms with E-state index >= 15 is 0 Å². The van der Waals surface area contributed by atoms with E-state index in [1.807, 2.05) is 6.08 Å². The fraction of sp³-hybridized carbons (Fsp3) is 0.865. The second kappa shape index (κ2) is 47.6. The quantitative estimate of drug-likeness (QED) is 0.0263. The van der Waals surface area contributed by atoms with Gasteiger partial charge >= 0.3 is 17.9 Å². The maximum Gasteiger partial charge on any atom is 0.306 e. The molecule has 0 bridgehead atoms. The van der Waals surface area contributed by atoms with Gasteiger partial charge in [-0.15, -0.1) is 0 Å². The molecule has 0 aliphatic heterocycles. The number of rotatable bonds is 46. The van der Waals surface area contributed by atoms with Crippen molar-refractivity contribution in [3.8, 4) is 0 Å². The Morgan fingerprint density at radius 3 is 1.02 bits per heavy atom. The zero-order valence-corrected chi connectivity index (χ0v) is 38.8. The lowest BCUT2D eigenvalue weighted by molar-refractivity contribution is -0.166. The first-order valence-electron chi connectivity index (χ1n) is 25.3. The van der Waals surface area contributed by atoms with E-state index in [0.29, 0.717) is 19.3 Å². The molecule has 1 unspecified atom stereocenters. The minimum Gasteiger partial charge on any atom is -0.462 e. The third-order valence-corrected chi connectivity index (χ3v) is 11.2. The maximum absolute atomic E-state index is 12.7. The lowest BCUT2D eigenvalue weighted by Crippen LogP contribution is -2.30. The van der Waals surface area contributed by atoms with E-state index in [1.54, 1.807) is 0 Å². The Morgan fingerprint density at radius 2 is 0.655 bits per heavy atom. The minimum atomic E-state index is -0.794. The lowest BCUT2D eigenvalue weighted by Gasteiger charge is -2.18. The molecule has 0 spiro atoms. The van der Waals surface area contributed by atoms with Crippen molar-refractivity contribution >= 4 is 17.9 Å². The SMILES string of the molecule is CCCCCCCC/C=C\C/C=C\CCC(=O)OC(COC(=O)CCCCCCCCCCCCC)COC(=O)CCCCCCCCCCCCCCCCCC. The van der Waals surface area contributed by atoms with Gasteiger partial charge in [0.05, 0.1) is 0 Å². The molecule has 340 valence electrons. The van der Waals surface area contributed by atoms with Gasteiger partial charge in [-0.25, -0.2) is 0 Å². The van der Waals surface area contributed by atoms with Crippen molar-refractivity contribution in [2.24, 2.45) is 0 Å². The van der Waals surface area contributed by atoms with E-state index in [1.165, 1.54) is 173 Å². The van der Waals surface area contributed by atoms with Gasteiger partial charge in [-0.1, -0.05) is 238 Å². The van der Waals surface area contributed by atoms with Crippen molar-refractivity contribution in [2.75, 3.05) is 13.2 Å². The summed E-state index contributed by atoms with van der Waals surface area (Å²) in [6, 6.07) is 0. The summed E-state index contributed by atoms with van der Waals surface area (Å²) in [5.74, 6) is -0.946. The largest absolute Gasteiger partial charge is 0.462 e. The lowest BCUT2D eigenvalue weighted by atomic mass is 10.0. The van der Waals surface area contributed by atoms with Crippen molar-refractivity contribution in [1.82, 2.24) is 0 Å². The van der Waals surface area contributed by atoms with Crippen molar-refractivity contribution in [1.29, 1.82) is 0 Å². The van der Waals surface area contributed by atoms with E-state index in [-0.39, 0.29) is 37.5 Å². The maximum atomic E-state index is 12.7. The molecule has 58 heavy (non-hydrogen) atoms. The van der Waals surface area contributed by atoms with Gasteiger partial charge in [0.25, 0.3) is 0 Å². The average Bonchev–Trinajstić information content (AvgIpc) is 3.22. The Balaban J connectivity index is 4.37. The monoisotopic (exact) mass is 817 g/mol. The summed E-state index contributed by atoms with van der Waals surface area (Å²) in [5, 5.41) is 0. The number of allylic oxidation sites excluding steroid dienone is 4. The molecule has 0 fully saturated rings. The van der Waals surface area contributed by atoms with Gasteiger partial charge in [0, 0.05) is 19.3 Å². The van der Waals surface area contributed by atoms with Crippen LogP contribution in [-0.4, -0.2) is 37.2 Å². The van der Waals surface area contributed by atoms with E-state index in [9.17, 15) is 14.4 Å². The van der Waals surface area contributed by atoms with Gasteiger partial charge in [0.2, 0.25) is 0 Å². The fourth-order valence-electron chi connectivity index (χ4n) is 7.38. The normalized spacial score (nSPS) is 12.1. The number of carbonyl (C=O) groups excluding carboxylic acids is 3. The Labute approximate surface area is 360 Å². The van der Waals surface area contributed by atoms with Gasteiger partial charge in [-0.05, 0) is 38.5 Å². The summed E-state index contributed by atoms with van der Waals surface area (Å²) >= 11 is 0. The van der Waals surface area contributed by atoms with Crippen molar-refractivity contribution in [3.05, 3.63) is 24.3 Å². The summed E-state index contributed by atoms with van der Waals surface area (Å²) in [4.78, 5) is 37.8. The van der Waals surface area contributed by atoms with Crippen LogP contribution >= 0.6 is 0 Å². The van der Waals surface area contributed by atoms with Gasteiger partial charge in [0.15, 0.2) is 6.10 Å². The summed E-state index contributed by atoms with van der Waals surface area (Å²) in [6.07, 6.45) is 53.2. The van der Waals surface area contributed by atoms with E-state index in [2.05, 4.69) is 39.0 Å². The molecular formula is C52H96O6. The van der Waals surface area contributed by atoms with Gasteiger partial charge in [-0.2, -0.15) is 0 Å². The molecule has 0 saturated heterocycles. The van der Waals surface area contributed by atoms with Crippen molar-refractivity contribution < 1.29 is 28.6 Å². The Hall–Kier alpha value is -2.11. The van der Waals surface area contributed by atoms with Gasteiger partial charge < -0.3 is 14.2 Å². The number of esters is 3. The topological polar surface area (TPSA) is 78.9 Å². The van der Waals surface area contributed by atoms with E-state index in [4.69, 9.17) is 14.2 Å². The molecule has 0 amide bonds. The van der Waals surface area contributed by atoms with Crippen LogP contribution in [0.2, 0.25) is 0 Å². The number of unbranched alkanes of at least 4 members (excludes halogenated alkanes) is 31. The average molecular weight is 817 g/mol. The highest BCUT2D eigenvalue weighted by atomic mass is 16.6. The standard InChI is InChI=1S/C52H96O6/c1-4-7-10-13-16-19-22-24-25-26-28-30-33-36-39-42-45-51(54)57-48-49(47-56-50(53)44-41-38-35-32-29-21-18-15-12-9-6-3)58-52(55)46-43-40-37-34-31-27-23-20-17-14-11-8-5-2/h27,31,37,40,49H,4-26,28-30,32-36,38-39,41-48H2,1-3H3/b31-27-,40-37-. The molecule has 0 radical (unpaired) electrons. The second-order valence-electron chi connectivity index (χ2n) is 17.1. The number of hydrogen-bond donors (Lipinski definition) is 0. The summed E-state index contributed by atoms with van der Waals surface area (Å²) in [6.45, 7) is 6.60.